The maximum atomic E-state index is 4.56. The Labute approximate surface area is 116 Å². The lowest BCUT2D eigenvalue weighted by molar-refractivity contribution is 0.716. The van der Waals surface area contributed by atoms with E-state index in [4.69, 9.17) is 0 Å². The van der Waals surface area contributed by atoms with Crippen molar-refractivity contribution >= 4 is 6.08 Å². The van der Waals surface area contributed by atoms with E-state index in [1.165, 1.54) is 24.8 Å². The van der Waals surface area contributed by atoms with Crippen molar-refractivity contribution in [1.29, 1.82) is 0 Å². The molecule has 0 fully saturated rings. The highest BCUT2D eigenvalue weighted by Gasteiger charge is 2.00. The predicted octanol–water partition coefficient (Wildman–Crippen LogP) is 5.12. The van der Waals surface area contributed by atoms with Crippen LogP contribution in [-0.4, -0.2) is 4.98 Å². The van der Waals surface area contributed by atoms with E-state index in [0.29, 0.717) is 0 Å². The summed E-state index contributed by atoms with van der Waals surface area (Å²) in [5, 5.41) is 0. The van der Waals surface area contributed by atoms with Crippen LogP contribution in [0.4, 0.5) is 0 Å². The summed E-state index contributed by atoms with van der Waals surface area (Å²) in [5.41, 5.74) is 4.67. The lowest BCUT2D eigenvalue weighted by atomic mass is 10.1. The second-order valence-corrected chi connectivity index (χ2v) is 4.83. The summed E-state index contributed by atoms with van der Waals surface area (Å²) < 4.78 is 0. The molecule has 0 spiro atoms. The summed E-state index contributed by atoms with van der Waals surface area (Å²) in [6, 6.07) is 12.6. The number of aromatic nitrogens is 1. The van der Waals surface area contributed by atoms with Crippen LogP contribution in [0.5, 0.6) is 0 Å². The van der Waals surface area contributed by atoms with Crippen molar-refractivity contribution in [3.63, 3.8) is 0 Å². The van der Waals surface area contributed by atoms with Crippen molar-refractivity contribution in [1.82, 2.24) is 4.98 Å². The third kappa shape index (κ3) is 3.78. The Morgan fingerprint density at radius 3 is 2.42 bits per heavy atom. The van der Waals surface area contributed by atoms with Crippen LogP contribution in [0.1, 0.15) is 37.3 Å². The van der Waals surface area contributed by atoms with E-state index >= 15 is 0 Å². The number of aryl methyl sites for hydroxylation is 1. The topological polar surface area (TPSA) is 12.9 Å². The van der Waals surface area contributed by atoms with Gasteiger partial charge in [-0.1, -0.05) is 62.8 Å². The third-order valence-corrected chi connectivity index (χ3v) is 3.34. The monoisotopic (exact) mass is 251 g/mol. The van der Waals surface area contributed by atoms with Crippen molar-refractivity contribution in [3.8, 4) is 11.3 Å². The number of hydrogen-bond donors (Lipinski definition) is 0. The van der Waals surface area contributed by atoms with Crippen LogP contribution in [0.3, 0.4) is 0 Å². The fourth-order valence-electron chi connectivity index (χ4n) is 2.11. The van der Waals surface area contributed by atoms with Crippen LogP contribution in [-0.2, 0) is 6.42 Å². The molecule has 0 amide bonds. The fraction of sp³-hybridized carbons (Fsp3) is 0.278. The molecule has 98 valence electrons. The van der Waals surface area contributed by atoms with Crippen molar-refractivity contribution in [2.24, 2.45) is 0 Å². The highest BCUT2D eigenvalue weighted by molar-refractivity contribution is 5.62. The second-order valence-electron chi connectivity index (χ2n) is 4.83. The van der Waals surface area contributed by atoms with Gasteiger partial charge < -0.3 is 0 Å². The average Bonchev–Trinajstić information content (AvgIpc) is 2.48. The summed E-state index contributed by atoms with van der Waals surface area (Å²) in [4.78, 5) is 4.56. The van der Waals surface area contributed by atoms with Gasteiger partial charge in [0.1, 0.15) is 0 Å². The largest absolute Gasteiger partial charge is 0.256 e. The van der Waals surface area contributed by atoms with Crippen molar-refractivity contribution in [2.75, 3.05) is 0 Å². The first-order chi connectivity index (χ1) is 9.33. The van der Waals surface area contributed by atoms with Crippen LogP contribution in [0.2, 0.25) is 0 Å². The minimum absolute atomic E-state index is 1.04. The lowest BCUT2D eigenvalue weighted by Crippen LogP contribution is -1.89. The van der Waals surface area contributed by atoms with Gasteiger partial charge in [0.2, 0.25) is 0 Å². The molecule has 0 aliphatic rings. The molecule has 2 aromatic rings. The van der Waals surface area contributed by atoms with Crippen LogP contribution in [0.25, 0.3) is 17.3 Å². The quantitative estimate of drug-likeness (QED) is 0.649. The molecule has 0 atom stereocenters. The molecule has 0 aliphatic carbocycles. The molecule has 0 N–H and O–H groups in total. The molecule has 1 aromatic carbocycles. The zero-order chi connectivity index (χ0) is 13.5. The Kier molecular flexibility index (Phi) is 4.91. The SMILES string of the molecule is C=Cc1ccc(-c2ccc(CCCCC)cn2)cc1. The Bertz CT molecular complexity index is 508. The molecule has 0 radical (unpaired) electrons. The zero-order valence-electron chi connectivity index (χ0n) is 11.6. The number of rotatable bonds is 6. The third-order valence-electron chi connectivity index (χ3n) is 3.34. The minimum atomic E-state index is 1.04. The molecule has 1 aromatic heterocycles. The number of benzene rings is 1. The van der Waals surface area contributed by atoms with Gasteiger partial charge in [-0.25, -0.2) is 0 Å². The normalized spacial score (nSPS) is 10.4. The van der Waals surface area contributed by atoms with E-state index in [1.54, 1.807) is 0 Å². The molecule has 2 rings (SSSR count). The Balaban J connectivity index is 2.06. The molecule has 19 heavy (non-hydrogen) atoms. The van der Waals surface area contributed by atoms with Gasteiger partial charge in [0.15, 0.2) is 0 Å². The number of pyridine rings is 1. The molecule has 0 saturated carbocycles. The maximum absolute atomic E-state index is 4.56. The Morgan fingerprint density at radius 2 is 1.84 bits per heavy atom. The van der Waals surface area contributed by atoms with Gasteiger partial charge in [0, 0.05) is 11.8 Å². The van der Waals surface area contributed by atoms with Gasteiger partial charge in [0.25, 0.3) is 0 Å². The molecule has 1 heterocycles. The van der Waals surface area contributed by atoms with Gasteiger partial charge in [-0.15, -0.1) is 0 Å². The lowest BCUT2D eigenvalue weighted by Gasteiger charge is -2.04. The Morgan fingerprint density at radius 1 is 1.05 bits per heavy atom. The summed E-state index contributed by atoms with van der Waals surface area (Å²) in [6.07, 6.45) is 8.81. The molecule has 0 unspecified atom stereocenters. The molecule has 1 heteroatoms. The van der Waals surface area contributed by atoms with Crippen LogP contribution in [0.15, 0.2) is 49.2 Å². The van der Waals surface area contributed by atoms with E-state index in [2.05, 4.69) is 54.9 Å². The summed E-state index contributed by atoms with van der Waals surface area (Å²) >= 11 is 0. The molecular formula is C18H21N. The van der Waals surface area contributed by atoms with Gasteiger partial charge in [-0.05, 0) is 30.0 Å². The molecule has 0 aliphatic heterocycles. The summed E-state index contributed by atoms with van der Waals surface area (Å²) in [5.74, 6) is 0. The zero-order valence-corrected chi connectivity index (χ0v) is 11.6. The standard InChI is InChI=1S/C18H21N/c1-3-5-6-7-16-10-13-18(19-14-16)17-11-8-15(4-2)9-12-17/h4,8-14H,2-3,5-7H2,1H3. The molecular weight excluding hydrogens is 230 g/mol. The maximum Gasteiger partial charge on any atom is 0.0702 e. The first kappa shape index (κ1) is 13.5. The van der Waals surface area contributed by atoms with Crippen LogP contribution in [0, 0.1) is 0 Å². The van der Waals surface area contributed by atoms with E-state index < -0.39 is 0 Å². The highest BCUT2D eigenvalue weighted by atomic mass is 14.7. The van der Waals surface area contributed by atoms with Gasteiger partial charge in [-0.2, -0.15) is 0 Å². The van der Waals surface area contributed by atoms with Crippen molar-refractivity contribution < 1.29 is 0 Å². The number of nitrogens with zero attached hydrogens (tertiary/aromatic N) is 1. The first-order valence-corrected chi connectivity index (χ1v) is 7.01. The minimum Gasteiger partial charge on any atom is -0.256 e. The molecule has 1 nitrogen and oxygen atoms in total. The van der Waals surface area contributed by atoms with Gasteiger partial charge in [0.05, 0.1) is 5.69 Å². The van der Waals surface area contributed by atoms with Crippen molar-refractivity contribution in [2.45, 2.75) is 32.6 Å². The summed E-state index contributed by atoms with van der Waals surface area (Å²) in [7, 11) is 0. The first-order valence-electron chi connectivity index (χ1n) is 7.01. The summed E-state index contributed by atoms with van der Waals surface area (Å²) in [6.45, 7) is 6.00. The van der Waals surface area contributed by atoms with Gasteiger partial charge >= 0.3 is 0 Å². The Hall–Kier alpha value is -1.89. The predicted molar refractivity (Wildman–Crippen MR) is 83.0 cm³/mol. The van der Waals surface area contributed by atoms with Crippen molar-refractivity contribution in [3.05, 3.63) is 60.3 Å². The second kappa shape index (κ2) is 6.89. The molecule has 0 bridgehead atoms. The average molecular weight is 251 g/mol. The van der Waals surface area contributed by atoms with E-state index in [0.717, 1.165) is 23.2 Å². The van der Waals surface area contributed by atoms with Crippen LogP contribution < -0.4 is 0 Å². The van der Waals surface area contributed by atoms with Crippen LogP contribution >= 0.6 is 0 Å². The number of hydrogen-bond acceptors (Lipinski definition) is 1. The van der Waals surface area contributed by atoms with E-state index in [1.807, 2.05) is 12.3 Å². The highest BCUT2D eigenvalue weighted by Crippen LogP contribution is 2.18. The fourth-order valence-corrected chi connectivity index (χ4v) is 2.11. The number of unbranched alkanes of at least 4 members (excludes halogenated alkanes) is 2. The van der Waals surface area contributed by atoms with E-state index in [-0.39, 0.29) is 0 Å². The molecule has 0 saturated heterocycles. The van der Waals surface area contributed by atoms with Gasteiger partial charge in [-0.3, -0.25) is 4.98 Å². The van der Waals surface area contributed by atoms with E-state index in [9.17, 15) is 0 Å². The smallest absolute Gasteiger partial charge is 0.0702 e.